The number of nitrogens with two attached hydrogens (primary N) is 1. The van der Waals surface area contributed by atoms with Crippen molar-refractivity contribution in [3.8, 4) is 0 Å². The van der Waals surface area contributed by atoms with E-state index in [1.165, 1.54) is 11.1 Å². The lowest BCUT2D eigenvalue weighted by atomic mass is 9.82. The van der Waals surface area contributed by atoms with Gasteiger partial charge in [0.1, 0.15) is 0 Å². The van der Waals surface area contributed by atoms with E-state index in [1.807, 2.05) is 12.1 Å². The molecule has 1 aliphatic heterocycles. The molecule has 2 rings (SSSR count). The average Bonchev–Trinajstić information content (AvgIpc) is 2.31. The van der Waals surface area contributed by atoms with E-state index in [0.717, 1.165) is 12.8 Å². The first-order valence-corrected chi connectivity index (χ1v) is 8.31. The van der Waals surface area contributed by atoms with E-state index in [4.69, 9.17) is 5.73 Å². The van der Waals surface area contributed by atoms with Crippen molar-refractivity contribution in [1.29, 1.82) is 0 Å². The Kier molecular flexibility index (Phi) is 4.07. The molecule has 18 heavy (non-hydrogen) atoms. The van der Waals surface area contributed by atoms with Gasteiger partial charge in [0.15, 0.2) is 9.84 Å². The van der Waals surface area contributed by atoms with Gasteiger partial charge in [-0.15, -0.1) is 0 Å². The minimum Gasteiger partial charge on any atom is -0.330 e. The molecular formula is C14H21NO2S. The fourth-order valence-electron chi connectivity index (χ4n) is 2.95. The van der Waals surface area contributed by atoms with Crippen molar-refractivity contribution in [3.63, 3.8) is 0 Å². The molecule has 0 radical (unpaired) electrons. The van der Waals surface area contributed by atoms with Crippen molar-refractivity contribution in [3.05, 3.63) is 35.4 Å². The van der Waals surface area contributed by atoms with E-state index in [0.29, 0.717) is 18.1 Å². The molecule has 0 aliphatic carbocycles. The van der Waals surface area contributed by atoms with Gasteiger partial charge >= 0.3 is 0 Å². The van der Waals surface area contributed by atoms with Gasteiger partial charge in [0.25, 0.3) is 0 Å². The minimum absolute atomic E-state index is 0.168. The number of rotatable bonds is 3. The van der Waals surface area contributed by atoms with Crippen LogP contribution in [0.3, 0.4) is 0 Å². The number of hydrogen-bond donors (Lipinski definition) is 1. The lowest BCUT2D eigenvalue weighted by Crippen LogP contribution is -2.32. The Morgan fingerprint density at radius 2 is 2.11 bits per heavy atom. The lowest BCUT2D eigenvalue weighted by Gasteiger charge is -2.30. The summed E-state index contributed by atoms with van der Waals surface area (Å²) in [7, 11) is -2.86. The van der Waals surface area contributed by atoms with Gasteiger partial charge in [0.2, 0.25) is 0 Å². The van der Waals surface area contributed by atoms with E-state index in [9.17, 15) is 8.42 Å². The Morgan fingerprint density at radius 3 is 2.72 bits per heavy atom. The van der Waals surface area contributed by atoms with E-state index >= 15 is 0 Å². The average molecular weight is 267 g/mol. The van der Waals surface area contributed by atoms with Gasteiger partial charge in [0.05, 0.1) is 11.5 Å². The van der Waals surface area contributed by atoms with Gasteiger partial charge in [-0.3, -0.25) is 0 Å². The highest BCUT2D eigenvalue weighted by Gasteiger charge is 2.31. The molecule has 4 heteroatoms. The standard InChI is InChI=1S/C14H21NO2S/c1-11-5-2-3-7-13(11)14(9-15)12-6-4-8-18(16,17)10-12/h2-3,5,7,12,14H,4,6,8-10,15H2,1H3. The maximum absolute atomic E-state index is 11.8. The molecule has 0 spiro atoms. The van der Waals surface area contributed by atoms with Crippen molar-refractivity contribution in [2.45, 2.75) is 25.7 Å². The zero-order valence-electron chi connectivity index (χ0n) is 10.8. The van der Waals surface area contributed by atoms with Crippen LogP contribution in [0.15, 0.2) is 24.3 Å². The minimum atomic E-state index is -2.86. The number of aryl methyl sites for hydroxylation is 1. The van der Waals surface area contributed by atoms with Crippen molar-refractivity contribution in [1.82, 2.24) is 0 Å². The van der Waals surface area contributed by atoms with Crippen LogP contribution in [0.25, 0.3) is 0 Å². The molecule has 100 valence electrons. The van der Waals surface area contributed by atoms with E-state index in [1.54, 1.807) is 0 Å². The Labute approximate surface area is 109 Å². The Bertz CT molecular complexity index is 510. The van der Waals surface area contributed by atoms with E-state index in [2.05, 4.69) is 19.1 Å². The highest BCUT2D eigenvalue weighted by atomic mass is 32.2. The second-order valence-electron chi connectivity index (χ2n) is 5.22. The van der Waals surface area contributed by atoms with E-state index in [-0.39, 0.29) is 11.8 Å². The molecule has 2 N–H and O–H groups in total. The molecule has 0 amide bonds. The topological polar surface area (TPSA) is 60.2 Å². The van der Waals surface area contributed by atoms with Crippen LogP contribution in [0.5, 0.6) is 0 Å². The molecular weight excluding hydrogens is 246 g/mol. The first kappa shape index (κ1) is 13.6. The molecule has 0 saturated carbocycles. The molecule has 1 aromatic rings. The maximum atomic E-state index is 11.8. The Balaban J connectivity index is 2.26. The highest BCUT2D eigenvalue weighted by Crippen LogP contribution is 2.33. The number of hydrogen-bond acceptors (Lipinski definition) is 3. The third-order valence-electron chi connectivity index (χ3n) is 3.91. The third kappa shape index (κ3) is 2.93. The van der Waals surface area contributed by atoms with Gasteiger partial charge in [-0.25, -0.2) is 8.42 Å². The van der Waals surface area contributed by atoms with Crippen molar-refractivity contribution < 1.29 is 8.42 Å². The summed E-state index contributed by atoms with van der Waals surface area (Å²) >= 11 is 0. The maximum Gasteiger partial charge on any atom is 0.150 e. The molecule has 3 nitrogen and oxygen atoms in total. The Morgan fingerprint density at radius 1 is 1.39 bits per heavy atom. The van der Waals surface area contributed by atoms with Crippen LogP contribution in [0, 0.1) is 12.8 Å². The molecule has 1 saturated heterocycles. The SMILES string of the molecule is Cc1ccccc1C(CN)C1CCCS(=O)(=O)C1. The van der Waals surface area contributed by atoms with Gasteiger partial charge in [0, 0.05) is 5.92 Å². The molecule has 0 bridgehead atoms. The summed E-state index contributed by atoms with van der Waals surface area (Å²) in [5.74, 6) is 0.980. The summed E-state index contributed by atoms with van der Waals surface area (Å²) in [5.41, 5.74) is 8.31. The third-order valence-corrected chi connectivity index (χ3v) is 5.76. The van der Waals surface area contributed by atoms with Crippen LogP contribution >= 0.6 is 0 Å². The first-order valence-electron chi connectivity index (χ1n) is 6.49. The predicted molar refractivity (Wildman–Crippen MR) is 74.4 cm³/mol. The smallest absolute Gasteiger partial charge is 0.150 e. The molecule has 1 aromatic carbocycles. The summed E-state index contributed by atoms with van der Waals surface area (Å²) in [6, 6.07) is 8.15. The fraction of sp³-hybridized carbons (Fsp3) is 0.571. The van der Waals surface area contributed by atoms with Crippen LogP contribution in [0.1, 0.15) is 29.9 Å². The van der Waals surface area contributed by atoms with Crippen LogP contribution in [0.4, 0.5) is 0 Å². The first-order chi connectivity index (χ1) is 8.53. The Hall–Kier alpha value is -0.870. The van der Waals surface area contributed by atoms with Crippen molar-refractivity contribution in [2.75, 3.05) is 18.1 Å². The van der Waals surface area contributed by atoms with Gasteiger partial charge < -0.3 is 5.73 Å². The zero-order chi connectivity index (χ0) is 13.2. The zero-order valence-corrected chi connectivity index (χ0v) is 11.6. The van der Waals surface area contributed by atoms with Gasteiger partial charge in [-0.2, -0.15) is 0 Å². The predicted octanol–water partition coefficient (Wildman–Crippen LogP) is 1.86. The van der Waals surface area contributed by atoms with Crippen LogP contribution in [0.2, 0.25) is 0 Å². The van der Waals surface area contributed by atoms with Crippen LogP contribution < -0.4 is 5.73 Å². The van der Waals surface area contributed by atoms with Crippen LogP contribution in [-0.2, 0) is 9.84 Å². The fourth-order valence-corrected chi connectivity index (χ4v) is 4.78. The summed E-state index contributed by atoms with van der Waals surface area (Å²) in [4.78, 5) is 0. The molecule has 0 aromatic heterocycles. The second-order valence-corrected chi connectivity index (χ2v) is 7.44. The summed E-state index contributed by atoms with van der Waals surface area (Å²) in [5, 5.41) is 0. The number of benzene rings is 1. The van der Waals surface area contributed by atoms with E-state index < -0.39 is 9.84 Å². The van der Waals surface area contributed by atoms with Gasteiger partial charge in [-0.1, -0.05) is 24.3 Å². The monoisotopic (exact) mass is 267 g/mol. The summed E-state index contributed by atoms with van der Waals surface area (Å²) < 4.78 is 23.5. The molecule has 2 unspecified atom stereocenters. The molecule has 1 aliphatic rings. The molecule has 2 atom stereocenters. The van der Waals surface area contributed by atoms with Crippen molar-refractivity contribution in [2.24, 2.45) is 11.7 Å². The van der Waals surface area contributed by atoms with Crippen molar-refractivity contribution >= 4 is 9.84 Å². The second kappa shape index (κ2) is 5.41. The quantitative estimate of drug-likeness (QED) is 0.909. The van der Waals surface area contributed by atoms with Gasteiger partial charge in [-0.05, 0) is 43.4 Å². The number of sulfone groups is 1. The molecule has 1 fully saturated rings. The summed E-state index contributed by atoms with van der Waals surface area (Å²) in [6.45, 7) is 2.58. The normalized spacial score (nSPS) is 24.7. The largest absolute Gasteiger partial charge is 0.330 e. The van der Waals surface area contributed by atoms with Crippen LogP contribution in [-0.4, -0.2) is 26.5 Å². The molecule has 1 heterocycles. The lowest BCUT2D eigenvalue weighted by molar-refractivity contribution is 0.412. The highest BCUT2D eigenvalue weighted by molar-refractivity contribution is 7.91. The summed E-state index contributed by atoms with van der Waals surface area (Å²) in [6.07, 6.45) is 1.74.